The molecule has 13 heavy (non-hydrogen) atoms. The van der Waals surface area contributed by atoms with E-state index in [9.17, 15) is 4.79 Å². The van der Waals surface area contributed by atoms with Crippen molar-refractivity contribution in [1.82, 2.24) is 0 Å². The highest BCUT2D eigenvalue weighted by atomic mass is 32.2. The smallest absolute Gasteiger partial charge is 0.153 e. The molecule has 0 fully saturated rings. The van der Waals surface area contributed by atoms with Gasteiger partial charge in [0.25, 0.3) is 0 Å². The van der Waals surface area contributed by atoms with Crippen molar-refractivity contribution in [3.63, 3.8) is 0 Å². The number of aldehydes is 1. The van der Waals surface area contributed by atoms with Crippen LogP contribution in [-0.2, 0) is 0 Å². The number of thioether (sulfide) groups is 1. The van der Waals surface area contributed by atoms with E-state index >= 15 is 0 Å². The van der Waals surface area contributed by atoms with Crippen molar-refractivity contribution >= 4 is 18.0 Å². The van der Waals surface area contributed by atoms with E-state index in [1.807, 2.05) is 18.2 Å². The average Bonchev–Trinajstić information content (AvgIpc) is 2.18. The van der Waals surface area contributed by atoms with Gasteiger partial charge in [-0.05, 0) is 24.0 Å². The van der Waals surface area contributed by atoms with Gasteiger partial charge in [0.1, 0.15) is 5.75 Å². The number of hydrogen-bond acceptors (Lipinski definition) is 3. The Morgan fingerprint density at radius 3 is 2.85 bits per heavy atom. The molecule has 0 bridgehead atoms. The molecular formula is C10H12O2S. The van der Waals surface area contributed by atoms with Gasteiger partial charge in [0.05, 0.1) is 12.7 Å². The highest BCUT2D eigenvalue weighted by Crippen LogP contribution is 2.24. The standard InChI is InChI=1S/C10H12O2S/c1-3-13-9-4-5-10(12-2)8(6-9)7-11/h4-7H,3H2,1-2H3. The Morgan fingerprint density at radius 2 is 2.31 bits per heavy atom. The highest BCUT2D eigenvalue weighted by Gasteiger charge is 2.02. The monoisotopic (exact) mass is 196 g/mol. The first-order valence-electron chi connectivity index (χ1n) is 4.07. The molecule has 1 aromatic rings. The first-order chi connectivity index (χ1) is 6.31. The van der Waals surface area contributed by atoms with Gasteiger partial charge >= 0.3 is 0 Å². The summed E-state index contributed by atoms with van der Waals surface area (Å²) in [4.78, 5) is 11.8. The Kier molecular flexibility index (Phi) is 3.83. The van der Waals surface area contributed by atoms with Crippen molar-refractivity contribution in [2.24, 2.45) is 0 Å². The van der Waals surface area contributed by atoms with Crippen LogP contribution in [0.15, 0.2) is 23.1 Å². The molecule has 0 atom stereocenters. The molecule has 0 saturated carbocycles. The Labute approximate surface area is 82.3 Å². The second-order valence-corrected chi connectivity index (χ2v) is 3.79. The molecule has 2 nitrogen and oxygen atoms in total. The molecule has 0 unspecified atom stereocenters. The zero-order valence-corrected chi connectivity index (χ0v) is 8.56. The van der Waals surface area contributed by atoms with E-state index in [1.165, 1.54) is 0 Å². The van der Waals surface area contributed by atoms with Gasteiger partial charge in [-0.25, -0.2) is 0 Å². The number of rotatable bonds is 4. The molecule has 0 radical (unpaired) electrons. The van der Waals surface area contributed by atoms with Crippen LogP contribution >= 0.6 is 11.8 Å². The molecule has 0 spiro atoms. The second-order valence-electron chi connectivity index (χ2n) is 2.45. The van der Waals surface area contributed by atoms with Crippen LogP contribution in [0.1, 0.15) is 17.3 Å². The van der Waals surface area contributed by atoms with E-state index in [2.05, 4.69) is 6.92 Å². The van der Waals surface area contributed by atoms with Gasteiger partial charge in [0.2, 0.25) is 0 Å². The van der Waals surface area contributed by atoms with Gasteiger partial charge in [-0.15, -0.1) is 11.8 Å². The minimum Gasteiger partial charge on any atom is -0.496 e. The molecule has 0 aromatic heterocycles. The Hall–Kier alpha value is -0.960. The zero-order valence-electron chi connectivity index (χ0n) is 7.74. The third kappa shape index (κ3) is 2.49. The fourth-order valence-corrected chi connectivity index (χ4v) is 1.77. The maximum absolute atomic E-state index is 10.7. The summed E-state index contributed by atoms with van der Waals surface area (Å²) in [6.07, 6.45) is 0.818. The third-order valence-electron chi connectivity index (χ3n) is 1.64. The summed E-state index contributed by atoms with van der Waals surface area (Å²) in [5.41, 5.74) is 0.612. The van der Waals surface area contributed by atoms with Crippen molar-refractivity contribution in [3.05, 3.63) is 23.8 Å². The molecule has 0 aliphatic rings. The summed E-state index contributed by atoms with van der Waals surface area (Å²) in [5.74, 6) is 1.64. The van der Waals surface area contributed by atoms with Crippen LogP contribution in [0.25, 0.3) is 0 Å². The Bertz CT molecular complexity index is 297. The third-order valence-corrected chi connectivity index (χ3v) is 2.52. The van der Waals surface area contributed by atoms with Crippen LogP contribution < -0.4 is 4.74 Å². The lowest BCUT2D eigenvalue weighted by atomic mass is 10.2. The largest absolute Gasteiger partial charge is 0.496 e. The maximum atomic E-state index is 10.7. The van der Waals surface area contributed by atoms with Crippen LogP contribution in [0, 0.1) is 0 Å². The summed E-state index contributed by atoms with van der Waals surface area (Å²) in [6.45, 7) is 2.08. The van der Waals surface area contributed by atoms with Crippen molar-refractivity contribution in [1.29, 1.82) is 0 Å². The van der Waals surface area contributed by atoms with Gasteiger partial charge in [-0.3, -0.25) is 4.79 Å². The molecular weight excluding hydrogens is 184 g/mol. The molecule has 0 aliphatic heterocycles. The van der Waals surface area contributed by atoms with Gasteiger partial charge in [0.15, 0.2) is 6.29 Å². The number of benzene rings is 1. The van der Waals surface area contributed by atoms with Crippen molar-refractivity contribution in [2.75, 3.05) is 12.9 Å². The molecule has 0 heterocycles. The first kappa shape index (κ1) is 10.1. The van der Waals surface area contributed by atoms with Crippen LogP contribution in [0.2, 0.25) is 0 Å². The van der Waals surface area contributed by atoms with E-state index in [4.69, 9.17) is 4.74 Å². The van der Waals surface area contributed by atoms with Crippen LogP contribution in [-0.4, -0.2) is 19.1 Å². The molecule has 70 valence electrons. The molecule has 1 rings (SSSR count). The lowest BCUT2D eigenvalue weighted by molar-refractivity contribution is 0.112. The summed E-state index contributed by atoms with van der Waals surface area (Å²) in [7, 11) is 1.56. The maximum Gasteiger partial charge on any atom is 0.153 e. The molecule has 0 aliphatic carbocycles. The second kappa shape index (κ2) is 4.92. The van der Waals surface area contributed by atoms with Crippen LogP contribution in [0.3, 0.4) is 0 Å². The predicted octanol–water partition coefficient (Wildman–Crippen LogP) is 2.62. The van der Waals surface area contributed by atoms with Gasteiger partial charge in [-0.2, -0.15) is 0 Å². The predicted molar refractivity (Wildman–Crippen MR) is 54.8 cm³/mol. The van der Waals surface area contributed by atoms with Crippen LogP contribution in [0.5, 0.6) is 5.75 Å². The molecule has 3 heteroatoms. The van der Waals surface area contributed by atoms with Crippen molar-refractivity contribution in [3.8, 4) is 5.75 Å². The lowest BCUT2D eigenvalue weighted by Crippen LogP contribution is -1.90. The number of ether oxygens (including phenoxy) is 1. The SMILES string of the molecule is CCSc1ccc(OC)c(C=O)c1. The lowest BCUT2D eigenvalue weighted by Gasteiger charge is -2.04. The topological polar surface area (TPSA) is 26.3 Å². The number of carbonyl (C=O) groups excluding carboxylic acids is 1. The van der Waals surface area contributed by atoms with Crippen molar-refractivity contribution < 1.29 is 9.53 Å². The van der Waals surface area contributed by atoms with Gasteiger partial charge in [-0.1, -0.05) is 6.92 Å². The average molecular weight is 196 g/mol. The summed E-state index contributed by atoms with van der Waals surface area (Å²) >= 11 is 1.71. The van der Waals surface area contributed by atoms with Gasteiger partial charge in [0, 0.05) is 4.90 Å². The summed E-state index contributed by atoms with van der Waals surface area (Å²) in [5, 5.41) is 0. The van der Waals surface area contributed by atoms with Crippen LogP contribution in [0.4, 0.5) is 0 Å². The zero-order chi connectivity index (χ0) is 9.68. The Balaban J connectivity index is 2.98. The quantitative estimate of drug-likeness (QED) is 0.547. The minimum atomic E-state index is 0.612. The molecule has 1 aromatic carbocycles. The summed E-state index contributed by atoms with van der Waals surface area (Å²) in [6, 6.07) is 5.63. The number of hydrogen-bond donors (Lipinski definition) is 0. The van der Waals surface area contributed by atoms with E-state index < -0.39 is 0 Å². The van der Waals surface area contributed by atoms with E-state index in [0.717, 1.165) is 16.9 Å². The molecule has 0 N–H and O–H groups in total. The van der Waals surface area contributed by atoms with Crippen molar-refractivity contribution in [2.45, 2.75) is 11.8 Å². The van der Waals surface area contributed by atoms with E-state index in [1.54, 1.807) is 18.9 Å². The molecule has 0 amide bonds. The fourth-order valence-electron chi connectivity index (χ4n) is 1.06. The van der Waals surface area contributed by atoms with Gasteiger partial charge < -0.3 is 4.74 Å². The molecule has 0 saturated heterocycles. The Morgan fingerprint density at radius 1 is 1.54 bits per heavy atom. The highest BCUT2D eigenvalue weighted by molar-refractivity contribution is 7.99. The first-order valence-corrected chi connectivity index (χ1v) is 5.06. The normalized spacial score (nSPS) is 9.69. The van der Waals surface area contributed by atoms with E-state index in [0.29, 0.717) is 11.3 Å². The number of methoxy groups -OCH3 is 1. The fraction of sp³-hybridized carbons (Fsp3) is 0.300. The van der Waals surface area contributed by atoms with E-state index in [-0.39, 0.29) is 0 Å². The minimum absolute atomic E-state index is 0.612. The summed E-state index contributed by atoms with van der Waals surface area (Å²) < 4.78 is 5.03. The number of carbonyl (C=O) groups is 1.